The zero-order valence-corrected chi connectivity index (χ0v) is 16.9. The van der Waals surface area contributed by atoms with Gasteiger partial charge in [0.2, 0.25) is 0 Å². The van der Waals surface area contributed by atoms with E-state index in [0.29, 0.717) is 12.7 Å². The minimum atomic E-state index is -0.979. The second-order valence-electron chi connectivity index (χ2n) is 8.25. The summed E-state index contributed by atoms with van der Waals surface area (Å²) in [6.07, 6.45) is 5.50. The van der Waals surface area contributed by atoms with Gasteiger partial charge < -0.3 is 5.32 Å². The first-order valence-corrected chi connectivity index (χ1v) is 11.0. The molecule has 5 rings (SSSR count). The summed E-state index contributed by atoms with van der Waals surface area (Å²) in [5.41, 5.74) is 2.60. The Morgan fingerprint density at radius 1 is 1.18 bits per heavy atom. The number of hydrogen-bond donors (Lipinski definition) is 1. The van der Waals surface area contributed by atoms with Gasteiger partial charge in [0.05, 0.1) is 6.67 Å². The van der Waals surface area contributed by atoms with Gasteiger partial charge in [-0.2, -0.15) is 0 Å². The molecule has 2 aromatic rings. The lowest BCUT2D eigenvalue weighted by Gasteiger charge is -2.28. The molecule has 2 aliphatic heterocycles. The minimum Gasteiger partial charge on any atom is -0.319 e. The van der Waals surface area contributed by atoms with Crippen molar-refractivity contribution in [2.75, 3.05) is 13.2 Å². The molecule has 3 aliphatic rings. The van der Waals surface area contributed by atoms with Gasteiger partial charge in [-0.25, -0.2) is 9.69 Å². The lowest BCUT2D eigenvalue weighted by atomic mass is 9.90. The first kappa shape index (κ1) is 17.9. The molecule has 2 saturated heterocycles. The van der Waals surface area contributed by atoms with Crippen LogP contribution in [0.15, 0.2) is 35.7 Å². The molecule has 3 amide bonds. The molecule has 1 N–H and O–H groups in total. The third-order valence-electron chi connectivity index (χ3n) is 6.51. The molecule has 146 valence electrons. The van der Waals surface area contributed by atoms with Gasteiger partial charge in [-0.3, -0.25) is 9.69 Å². The van der Waals surface area contributed by atoms with E-state index in [-0.39, 0.29) is 11.9 Å². The Hall–Kier alpha value is -2.18. The second-order valence-corrected chi connectivity index (χ2v) is 9.23. The van der Waals surface area contributed by atoms with Crippen molar-refractivity contribution < 1.29 is 9.59 Å². The van der Waals surface area contributed by atoms with Crippen LogP contribution in [0.3, 0.4) is 0 Å². The van der Waals surface area contributed by atoms with E-state index in [1.165, 1.54) is 27.3 Å². The number of amides is 3. The summed E-state index contributed by atoms with van der Waals surface area (Å²) in [7, 11) is 0. The molecule has 3 heterocycles. The smallest absolute Gasteiger partial charge is 0.319 e. The predicted octanol–water partition coefficient (Wildman–Crippen LogP) is 3.80. The molecule has 0 spiro atoms. The molecule has 6 heteroatoms. The lowest BCUT2D eigenvalue weighted by Crippen LogP contribution is -2.43. The fraction of sp³-hybridized carbons (Fsp3) is 0.455. The fourth-order valence-electron chi connectivity index (χ4n) is 4.88. The van der Waals surface area contributed by atoms with Crippen LogP contribution in [0.2, 0.25) is 0 Å². The first-order valence-electron chi connectivity index (χ1n) is 10.1. The topological polar surface area (TPSA) is 52.7 Å². The SMILES string of the molecule is C[C@@]1(c2ccc3c(c2)CCC3)NC(=O)N(CN2CCC[C@H]2c2cccs2)C1=O. The van der Waals surface area contributed by atoms with E-state index in [9.17, 15) is 9.59 Å². The largest absolute Gasteiger partial charge is 0.326 e. The number of aryl methyl sites for hydroxylation is 2. The molecule has 1 aromatic carbocycles. The number of carbonyl (C=O) groups is 2. The van der Waals surface area contributed by atoms with Gasteiger partial charge in [0.25, 0.3) is 5.91 Å². The summed E-state index contributed by atoms with van der Waals surface area (Å²) in [6, 6.07) is 10.5. The molecule has 0 saturated carbocycles. The average molecular weight is 396 g/mol. The lowest BCUT2D eigenvalue weighted by molar-refractivity contribution is -0.132. The summed E-state index contributed by atoms with van der Waals surface area (Å²) in [5.74, 6) is -0.146. The highest BCUT2D eigenvalue weighted by Crippen LogP contribution is 2.37. The van der Waals surface area contributed by atoms with Gasteiger partial charge in [0.1, 0.15) is 5.54 Å². The molecule has 0 radical (unpaired) electrons. The van der Waals surface area contributed by atoms with Gasteiger partial charge in [0.15, 0.2) is 0 Å². The number of hydrogen-bond acceptors (Lipinski definition) is 4. The standard InChI is InChI=1S/C22H25N3O2S/c1-22(17-10-9-15-5-2-6-16(15)13-17)20(26)25(21(27)23-22)14-24-11-3-7-18(24)19-8-4-12-28-19/h4,8-10,12-13,18H,2-3,5-7,11,14H2,1H3,(H,23,27)/t18-,22-/m0/s1. The number of carbonyl (C=O) groups excluding carboxylic acids is 2. The van der Waals surface area contributed by atoms with E-state index in [2.05, 4.69) is 39.9 Å². The number of nitrogens with one attached hydrogen (secondary N) is 1. The molecule has 0 unspecified atom stereocenters. The highest BCUT2D eigenvalue weighted by atomic mass is 32.1. The van der Waals surface area contributed by atoms with E-state index in [1.807, 2.05) is 13.0 Å². The van der Waals surface area contributed by atoms with Crippen molar-refractivity contribution in [3.05, 3.63) is 57.3 Å². The Morgan fingerprint density at radius 2 is 2.04 bits per heavy atom. The first-order chi connectivity index (χ1) is 13.6. The Bertz CT molecular complexity index is 926. The number of thiophene rings is 1. The number of benzene rings is 1. The zero-order valence-electron chi connectivity index (χ0n) is 16.1. The normalized spacial score (nSPS) is 27.5. The number of fused-ring (bicyclic) bond motifs is 1. The highest BCUT2D eigenvalue weighted by Gasteiger charge is 2.50. The van der Waals surface area contributed by atoms with Crippen LogP contribution in [-0.2, 0) is 23.2 Å². The van der Waals surface area contributed by atoms with E-state index >= 15 is 0 Å². The number of rotatable bonds is 4. The predicted molar refractivity (Wildman–Crippen MR) is 109 cm³/mol. The Balaban J connectivity index is 1.38. The van der Waals surface area contributed by atoms with Crippen molar-refractivity contribution in [3.8, 4) is 0 Å². The van der Waals surface area contributed by atoms with Crippen LogP contribution in [0.25, 0.3) is 0 Å². The molecular weight excluding hydrogens is 370 g/mol. The Morgan fingerprint density at radius 3 is 2.86 bits per heavy atom. The van der Waals surface area contributed by atoms with Crippen molar-refractivity contribution in [3.63, 3.8) is 0 Å². The number of urea groups is 1. The van der Waals surface area contributed by atoms with Gasteiger partial charge >= 0.3 is 6.03 Å². The summed E-state index contributed by atoms with van der Waals surface area (Å²) in [6.45, 7) is 3.10. The fourth-order valence-corrected chi connectivity index (χ4v) is 5.78. The third kappa shape index (κ3) is 2.78. The van der Waals surface area contributed by atoms with Gasteiger partial charge in [0, 0.05) is 17.5 Å². The number of likely N-dealkylation sites (tertiary alicyclic amines) is 1. The summed E-state index contributed by atoms with van der Waals surface area (Å²) >= 11 is 1.75. The molecule has 2 atom stereocenters. The maximum absolute atomic E-state index is 13.3. The maximum atomic E-state index is 13.3. The average Bonchev–Trinajstić information content (AvgIpc) is 3.47. The summed E-state index contributed by atoms with van der Waals surface area (Å²) in [4.78, 5) is 31.1. The molecule has 1 aliphatic carbocycles. The van der Waals surface area contributed by atoms with Crippen LogP contribution in [0.1, 0.15) is 53.8 Å². The summed E-state index contributed by atoms with van der Waals surface area (Å²) < 4.78 is 0. The van der Waals surface area contributed by atoms with Gasteiger partial charge in [-0.05, 0) is 67.2 Å². The van der Waals surface area contributed by atoms with Crippen molar-refractivity contribution in [2.24, 2.45) is 0 Å². The molecule has 28 heavy (non-hydrogen) atoms. The van der Waals surface area contributed by atoms with Gasteiger partial charge in [-0.15, -0.1) is 11.3 Å². The molecular formula is C22H25N3O2S. The van der Waals surface area contributed by atoms with E-state index in [0.717, 1.165) is 37.8 Å². The molecule has 1 aromatic heterocycles. The molecule has 2 fully saturated rings. The van der Waals surface area contributed by atoms with Crippen LogP contribution in [-0.4, -0.2) is 35.0 Å². The van der Waals surface area contributed by atoms with Crippen molar-refractivity contribution in [1.82, 2.24) is 15.1 Å². The molecule has 5 nitrogen and oxygen atoms in total. The maximum Gasteiger partial charge on any atom is 0.326 e. The quantitative estimate of drug-likeness (QED) is 0.801. The molecule has 0 bridgehead atoms. The van der Waals surface area contributed by atoms with E-state index < -0.39 is 5.54 Å². The van der Waals surface area contributed by atoms with Crippen molar-refractivity contribution in [1.29, 1.82) is 0 Å². The summed E-state index contributed by atoms with van der Waals surface area (Å²) in [5, 5.41) is 5.06. The number of imide groups is 1. The van der Waals surface area contributed by atoms with E-state index in [1.54, 1.807) is 11.3 Å². The highest BCUT2D eigenvalue weighted by molar-refractivity contribution is 7.10. The minimum absolute atomic E-state index is 0.146. The zero-order chi connectivity index (χ0) is 19.3. The van der Waals surface area contributed by atoms with Crippen molar-refractivity contribution in [2.45, 2.75) is 50.6 Å². The van der Waals surface area contributed by atoms with Crippen molar-refractivity contribution >= 4 is 23.3 Å². The van der Waals surface area contributed by atoms with Gasteiger partial charge in [-0.1, -0.05) is 24.3 Å². The van der Waals surface area contributed by atoms with Crippen LogP contribution >= 0.6 is 11.3 Å². The Labute approximate surface area is 169 Å². The van der Waals surface area contributed by atoms with E-state index in [4.69, 9.17) is 0 Å². The van der Waals surface area contributed by atoms with Crippen LogP contribution in [0, 0.1) is 0 Å². The Kier molecular flexibility index (Phi) is 4.29. The van der Waals surface area contributed by atoms with Crippen LogP contribution in [0.5, 0.6) is 0 Å². The van der Waals surface area contributed by atoms with Crippen LogP contribution in [0.4, 0.5) is 4.79 Å². The number of nitrogens with zero attached hydrogens (tertiary/aromatic N) is 2. The monoisotopic (exact) mass is 395 g/mol. The van der Waals surface area contributed by atoms with Crippen LogP contribution < -0.4 is 5.32 Å². The second kappa shape index (κ2) is 6.71. The third-order valence-corrected chi connectivity index (χ3v) is 7.48.